The Morgan fingerprint density at radius 3 is 2.34 bits per heavy atom. The average Bonchev–Trinajstić information content (AvgIpc) is 3.52. The van der Waals surface area contributed by atoms with Crippen molar-refractivity contribution in [2.75, 3.05) is 27.7 Å². The average molecular weight is 514 g/mol. The number of aliphatic imine (C=N–C) groups is 1. The quantitative estimate of drug-likeness (QED) is 0.310. The summed E-state index contributed by atoms with van der Waals surface area (Å²) in [6.45, 7) is 7.92. The first-order valence-electron chi connectivity index (χ1n) is 11.5. The predicted octanol–water partition coefficient (Wildman–Crippen LogP) is 5.33. The van der Waals surface area contributed by atoms with E-state index in [0.717, 1.165) is 16.7 Å². The number of hydrogen-bond acceptors (Lipinski definition) is 4. The normalized spacial score (nSPS) is 17.5. The first-order chi connectivity index (χ1) is 16.2. The van der Waals surface area contributed by atoms with Crippen LogP contribution in [0.2, 0.25) is 0 Å². The number of phenols is 1. The summed E-state index contributed by atoms with van der Waals surface area (Å²) in [7, 11) is 5.28. The van der Waals surface area contributed by atoms with Crippen LogP contribution in [0.25, 0.3) is 0 Å². The van der Waals surface area contributed by atoms with Crippen molar-refractivity contribution >= 4 is 23.7 Å². The lowest BCUT2D eigenvalue weighted by Crippen LogP contribution is -2.43. The number of nitrogens with one attached hydrogen (secondary N) is 1. The van der Waals surface area contributed by atoms with Gasteiger partial charge in [0.15, 0.2) is 0 Å². The third-order valence-electron chi connectivity index (χ3n) is 6.82. The summed E-state index contributed by atoms with van der Waals surface area (Å²) in [5, 5.41) is 12.8. The molecule has 2 rings (SSSR count). The van der Waals surface area contributed by atoms with Gasteiger partial charge in [0.05, 0.1) is 10.4 Å². The molecule has 0 radical (unpaired) electrons. The van der Waals surface area contributed by atoms with Gasteiger partial charge in [0.25, 0.3) is 0 Å². The topological polar surface area (TPSA) is 64.9 Å². The van der Waals surface area contributed by atoms with Crippen molar-refractivity contribution in [2.24, 2.45) is 16.3 Å². The van der Waals surface area contributed by atoms with Crippen molar-refractivity contribution in [3.63, 3.8) is 0 Å². The van der Waals surface area contributed by atoms with Crippen molar-refractivity contribution in [2.45, 2.75) is 51.7 Å². The first kappa shape index (κ1) is 28.9. The van der Waals surface area contributed by atoms with E-state index in [4.69, 9.17) is 11.6 Å². The lowest BCUT2D eigenvalue weighted by molar-refractivity contribution is -0.199. The Bertz CT molecular complexity index is 975. The van der Waals surface area contributed by atoms with Crippen LogP contribution >= 0.6 is 11.6 Å². The Kier molecular flexibility index (Phi) is 9.59. The molecule has 0 aromatic heterocycles. The SMILES string of the molecule is C=C(/C=C(/Cl)C=NC)[C@H](CC(=O)NC[C@H](Cc1c(C)cc(O)cc1C)N(C)C)C1(C(F)(F)F)CC1. The number of rotatable bonds is 11. The second-order valence-corrected chi connectivity index (χ2v) is 10.0. The summed E-state index contributed by atoms with van der Waals surface area (Å²) in [4.78, 5) is 18.6. The van der Waals surface area contributed by atoms with Gasteiger partial charge in [-0.3, -0.25) is 9.79 Å². The number of alkyl halides is 3. The number of phenolic OH excluding ortho intramolecular Hbond substituents is 1. The molecule has 0 spiro atoms. The van der Waals surface area contributed by atoms with Crippen LogP contribution in [-0.2, 0) is 11.2 Å². The van der Waals surface area contributed by atoms with Crippen LogP contribution in [0.4, 0.5) is 13.2 Å². The van der Waals surface area contributed by atoms with Crippen LogP contribution in [0.15, 0.2) is 40.4 Å². The number of aryl methyl sites for hydroxylation is 2. The van der Waals surface area contributed by atoms with Gasteiger partial charge in [0.2, 0.25) is 5.91 Å². The number of hydrogen-bond donors (Lipinski definition) is 2. The Balaban J connectivity index is 2.16. The van der Waals surface area contributed by atoms with Crippen LogP contribution in [0.5, 0.6) is 5.75 Å². The molecule has 1 aliphatic carbocycles. The summed E-state index contributed by atoms with van der Waals surface area (Å²) in [5.74, 6) is -1.38. The number of allylic oxidation sites excluding steroid dienone is 3. The second kappa shape index (κ2) is 11.6. The van der Waals surface area contributed by atoms with Gasteiger partial charge >= 0.3 is 6.18 Å². The van der Waals surface area contributed by atoms with Crippen LogP contribution in [0, 0.1) is 25.2 Å². The van der Waals surface area contributed by atoms with Crippen LogP contribution < -0.4 is 5.32 Å². The van der Waals surface area contributed by atoms with Crippen molar-refractivity contribution in [1.29, 1.82) is 0 Å². The molecule has 1 fully saturated rings. The number of carbonyl (C=O) groups excluding carboxylic acids is 1. The van der Waals surface area contributed by atoms with Crippen molar-refractivity contribution in [1.82, 2.24) is 10.2 Å². The van der Waals surface area contributed by atoms with Crippen molar-refractivity contribution in [3.8, 4) is 5.75 Å². The maximum absolute atomic E-state index is 13.9. The number of likely N-dealkylation sites (N-methyl/N-ethyl adjacent to an activating group) is 1. The molecule has 9 heteroatoms. The van der Waals surface area contributed by atoms with Gasteiger partial charge in [-0.15, -0.1) is 0 Å². The summed E-state index contributed by atoms with van der Waals surface area (Å²) in [5.41, 5.74) is 1.15. The van der Waals surface area contributed by atoms with Gasteiger partial charge in [-0.05, 0) is 87.7 Å². The minimum atomic E-state index is -4.44. The maximum Gasteiger partial charge on any atom is 0.395 e. The van der Waals surface area contributed by atoms with E-state index in [1.54, 1.807) is 12.1 Å². The Hall–Kier alpha value is -2.32. The molecule has 1 aromatic rings. The fourth-order valence-electron chi connectivity index (χ4n) is 4.54. The van der Waals surface area contributed by atoms with E-state index >= 15 is 0 Å². The zero-order chi connectivity index (χ0) is 26.6. The largest absolute Gasteiger partial charge is 0.508 e. The van der Waals surface area contributed by atoms with Crippen LogP contribution in [0.1, 0.15) is 36.0 Å². The molecule has 0 aliphatic heterocycles. The van der Waals surface area contributed by atoms with E-state index in [-0.39, 0.29) is 48.2 Å². The maximum atomic E-state index is 13.9. The number of benzene rings is 1. The fourth-order valence-corrected chi connectivity index (χ4v) is 4.78. The molecule has 35 heavy (non-hydrogen) atoms. The summed E-state index contributed by atoms with van der Waals surface area (Å²) >= 11 is 6.04. The minimum absolute atomic E-state index is 0.0411. The molecule has 0 saturated heterocycles. The molecule has 1 aromatic carbocycles. The summed E-state index contributed by atoms with van der Waals surface area (Å²) in [6, 6.07) is 3.30. The third kappa shape index (κ3) is 7.34. The fraction of sp³-hybridized carbons (Fsp3) is 0.538. The Morgan fingerprint density at radius 1 is 1.31 bits per heavy atom. The minimum Gasteiger partial charge on any atom is -0.508 e. The van der Waals surface area contributed by atoms with Gasteiger partial charge in [0, 0.05) is 38.2 Å². The molecule has 2 N–H and O–H groups in total. The molecule has 1 amide bonds. The molecular formula is C26H35ClF3N3O2. The molecule has 1 saturated carbocycles. The highest BCUT2D eigenvalue weighted by Gasteiger charge is 2.67. The van der Waals surface area contributed by atoms with E-state index in [1.165, 1.54) is 19.3 Å². The lowest BCUT2D eigenvalue weighted by Gasteiger charge is -2.30. The lowest BCUT2D eigenvalue weighted by atomic mass is 9.80. The van der Waals surface area contributed by atoms with Crippen molar-refractivity contribution in [3.05, 3.63) is 52.1 Å². The molecule has 2 atom stereocenters. The third-order valence-corrected chi connectivity index (χ3v) is 7.03. The number of carbonyl (C=O) groups is 1. The number of halogens is 4. The van der Waals surface area contributed by atoms with Gasteiger partial charge in [-0.1, -0.05) is 18.2 Å². The van der Waals surface area contributed by atoms with Gasteiger partial charge in [0.1, 0.15) is 5.75 Å². The molecule has 5 nitrogen and oxygen atoms in total. The monoisotopic (exact) mass is 513 g/mol. The van der Waals surface area contributed by atoms with Gasteiger partial charge < -0.3 is 15.3 Å². The zero-order valence-electron chi connectivity index (χ0n) is 21.0. The first-order valence-corrected chi connectivity index (χ1v) is 11.9. The van der Waals surface area contributed by atoms with Gasteiger partial charge in [-0.2, -0.15) is 13.2 Å². The van der Waals surface area contributed by atoms with Crippen LogP contribution in [-0.4, -0.2) is 62.0 Å². The summed E-state index contributed by atoms with van der Waals surface area (Å²) < 4.78 is 41.8. The smallest absolute Gasteiger partial charge is 0.395 e. The van der Waals surface area contributed by atoms with Crippen LogP contribution in [0.3, 0.4) is 0 Å². The molecule has 1 aliphatic rings. The number of amides is 1. The molecule has 0 unspecified atom stereocenters. The van der Waals surface area contributed by atoms with E-state index < -0.39 is 23.4 Å². The van der Waals surface area contributed by atoms with E-state index in [0.29, 0.717) is 6.42 Å². The highest BCUT2D eigenvalue weighted by Crippen LogP contribution is 2.64. The summed E-state index contributed by atoms with van der Waals surface area (Å²) in [6.07, 6.45) is -1.56. The van der Waals surface area contributed by atoms with Gasteiger partial charge in [-0.25, -0.2) is 0 Å². The molecule has 0 bridgehead atoms. The predicted molar refractivity (Wildman–Crippen MR) is 135 cm³/mol. The van der Waals surface area contributed by atoms with E-state index in [9.17, 15) is 23.1 Å². The Labute approximate surface area is 210 Å². The highest BCUT2D eigenvalue weighted by atomic mass is 35.5. The van der Waals surface area contributed by atoms with E-state index in [1.807, 2.05) is 32.8 Å². The highest BCUT2D eigenvalue weighted by molar-refractivity contribution is 6.39. The molecule has 0 heterocycles. The standard InChI is InChI=1S/C26H35ClF3N3O2/c1-16-10-21(34)11-17(2)22(16)12-20(33(5)6)15-32-24(35)13-23(18(3)9-19(27)14-31-4)25(7-8-25)26(28,29)30/h9-11,14,20,23,34H,3,7-8,12-13,15H2,1-2,4-6H3,(H,32,35)/b19-9+,31-14?/t20-,23-/m0/s1. The van der Waals surface area contributed by atoms with Crippen molar-refractivity contribution < 1.29 is 23.1 Å². The Morgan fingerprint density at radius 2 is 1.89 bits per heavy atom. The molecular weight excluding hydrogens is 479 g/mol. The molecule has 194 valence electrons. The number of nitrogens with zero attached hydrogens (tertiary/aromatic N) is 2. The van der Waals surface area contributed by atoms with E-state index in [2.05, 4.69) is 16.9 Å². The second-order valence-electron chi connectivity index (χ2n) is 9.59. The number of aromatic hydroxyl groups is 1. The zero-order valence-corrected chi connectivity index (χ0v) is 21.7.